The molecule has 5 heteroatoms. The van der Waals surface area contributed by atoms with Crippen molar-refractivity contribution in [3.8, 4) is 0 Å². The summed E-state index contributed by atoms with van der Waals surface area (Å²) in [6.07, 6.45) is 0. The first-order chi connectivity index (χ1) is 12.4. The molecule has 0 aliphatic rings. The zero-order valence-electron chi connectivity index (χ0n) is 17.6. The molecular weight excluding hydrogens is 384 g/mol. The molecule has 2 unspecified atom stereocenters. The van der Waals surface area contributed by atoms with E-state index in [9.17, 15) is 8.42 Å². The minimum Gasteiger partial charge on any atom is -0.228 e. The lowest BCUT2D eigenvalue weighted by Gasteiger charge is -2.32. The van der Waals surface area contributed by atoms with E-state index in [0.29, 0.717) is 0 Å². The summed E-state index contributed by atoms with van der Waals surface area (Å²) in [5, 5.41) is -0.848. The molecule has 0 fully saturated rings. The van der Waals surface area contributed by atoms with Crippen molar-refractivity contribution in [1.29, 1.82) is 0 Å². The fourth-order valence-electron chi connectivity index (χ4n) is 3.49. The smallest absolute Gasteiger partial charge is 0.163 e. The first-order valence-corrected chi connectivity index (χ1v) is 18.8. The van der Waals surface area contributed by atoms with Crippen LogP contribution in [0.25, 0.3) is 0 Å². The molecule has 0 aromatic heterocycles. The average Bonchev–Trinajstić information content (AvgIpc) is 2.57. The van der Waals surface area contributed by atoms with Crippen molar-refractivity contribution in [2.24, 2.45) is 0 Å². The Morgan fingerprint density at radius 1 is 0.630 bits per heavy atom. The van der Waals surface area contributed by atoms with Gasteiger partial charge in [0, 0.05) is 16.1 Å². The minimum atomic E-state index is -3.37. The first-order valence-electron chi connectivity index (χ1n) is 9.73. The molecular formula is C22H34O2SSi2. The van der Waals surface area contributed by atoms with Crippen molar-refractivity contribution in [2.45, 2.75) is 61.9 Å². The van der Waals surface area contributed by atoms with Crippen LogP contribution in [-0.2, 0) is 9.84 Å². The third kappa shape index (κ3) is 6.44. The van der Waals surface area contributed by atoms with Gasteiger partial charge in [0.05, 0.1) is 10.5 Å². The van der Waals surface area contributed by atoms with Crippen molar-refractivity contribution in [3.63, 3.8) is 0 Å². The molecule has 0 aliphatic carbocycles. The molecule has 0 aliphatic heterocycles. The van der Waals surface area contributed by atoms with Crippen molar-refractivity contribution in [2.75, 3.05) is 0 Å². The van der Waals surface area contributed by atoms with E-state index in [1.807, 2.05) is 60.7 Å². The Labute approximate surface area is 168 Å². The number of sulfone groups is 1. The maximum atomic E-state index is 14.0. The Hall–Kier alpha value is -1.18. The van der Waals surface area contributed by atoms with Gasteiger partial charge < -0.3 is 0 Å². The van der Waals surface area contributed by atoms with Gasteiger partial charge in [-0.15, -0.1) is 0 Å². The molecule has 0 heterocycles. The molecule has 0 N–H and O–H groups in total. The lowest BCUT2D eigenvalue weighted by molar-refractivity contribution is 0.574. The second-order valence-corrected chi connectivity index (χ2v) is 23.3. The minimum absolute atomic E-state index is 0.424. The summed E-state index contributed by atoms with van der Waals surface area (Å²) in [5.74, 6) is 0. The van der Waals surface area contributed by atoms with Gasteiger partial charge in [0.15, 0.2) is 9.84 Å². The van der Waals surface area contributed by atoms with Gasteiger partial charge in [0.2, 0.25) is 0 Å². The normalized spacial score (nSPS) is 15.3. The van der Waals surface area contributed by atoms with E-state index < -0.39 is 36.5 Å². The maximum Gasteiger partial charge on any atom is 0.163 e. The van der Waals surface area contributed by atoms with Crippen molar-refractivity contribution in [1.82, 2.24) is 0 Å². The summed E-state index contributed by atoms with van der Waals surface area (Å²) < 4.78 is 28.1. The second-order valence-electron chi connectivity index (χ2n) is 9.92. The van der Waals surface area contributed by atoms with Crippen LogP contribution in [-0.4, -0.2) is 24.6 Å². The molecule has 0 spiro atoms. The Morgan fingerprint density at radius 3 is 1.19 bits per heavy atom. The molecule has 0 radical (unpaired) electrons. The Kier molecular flexibility index (Phi) is 6.92. The molecule has 148 valence electrons. The number of hydrogen-bond donors (Lipinski definition) is 0. The fraction of sp³-hybridized carbons (Fsp3) is 0.455. The van der Waals surface area contributed by atoms with Crippen molar-refractivity contribution in [3.05, 3.63) is 71.8 Å². The van der Waals surface area contributed by atoms with Crippen LogP contribution >= 0.6 is 0 Å². The van der Waals surface area contributed by atoms with E-state index >= 15 is 0 Å². The van der Waals surface area contributed by atoms with Gasteiger partial charge in [0.1, 0.15) is 0 Å². The Balaban J connectivity index is 2.58. The van der Waals surface area contributed by atoms with Crippen LogP contribution in [0.2, 0.25) is 51.4 Å². The van der Waals surface area contributed by atoms with Gasteiger partial charge in [-0.3, -0.25) is 0 Å². The third-order valence-electron chi connectivity index (χ3n) is 4.73. The zero-order valence-corrected chi connectivity index (χ0v) is 20.4. The van der Waals surface area contributed by atoms with Crippen molar-refractivity contribution < 1.29 is 8.42 Å². The monoisotopic (exact) mass is 418 g/mol. The van der Waals surface area contributed by atoms with E-state index in [4.69, 9.17) is 0 Å². The van der Waals surface area contributed by atoms with Crippen LogP contribution in [0.15, 0.2) is 60.7 Å². The Morgan fingerprint density at radius 2 is 0.926 bits per heavy atom. The second kappa shape index (κ2) is 8.45. The van der Waals surface area contributed by atoms with Gasteiger partial charge in [0.25, 0.3) is 0 Å². The summed E-state index contributed by atoms with van der Waals surface area (Å²) in [6, 6.07) is 21.2. The van der Waals surface area contributed by atoms with Crippen LogP contribution in [0.4, 0.5) is 0 Å². The van der Waals surface area contributed by atoms with Crippen LogP contribution in [0.3, 0.4) is 0 Å². The largest absolute Gasteiger partial charge is 0.228 e. The van der Waals surface area contributed by atoms with Gasteiger partial charge in [-0.2, -0.15) is 0 Å². The van der Waals surface area contributed by atoms with E-state index in [1.54, 1.807) is 0 Å². The topological polar surface area (TPSA) is 34.1 Å². The zero-order chi connectivity index (χ0) is 20.3. The van der Waals surface area contributed by atoms with Crippen LogP contribution < -0.4 is 0 Å². The lowest BCUT2D eigenvalue weighted by atomic mass is 10.1. The molecule has 0 amide bonds. The molecule has 2 aromatic carbocycles. The number of rotatable bonds is 8. The number of benzene rings is 2. The van der Waals surface area contributed by atoms with Crippen LogP contribution in [0, 0.1) is 0 Å². The van der Waals surface area contributed by atoms with E-state index in [2.05, 4.69) is 39.3 Å². The standard InChI is InChI=1S/C22H34O2SSi2/c1-26(2,3)17-21(19-13-9-7-10-14-19)25(23,24)22(18-27(4,5)6)20-15-11-8-12-16-20/h7-16,21-22H,17-18H2,1-6H3. The van der Waals surface area contributed by atoms with Gasteiger partial charge in [-0.05, 0) is 23.2 Å². The summed E-state index contributed by atoms with van der Waals surface area (Å²) >= 11 is 0. The summed E-state index contributed by atoms with van der Waals surface area (Å²) in [5.41, 5.74) is 1.88. The summed E-state index contributed by atoms with van der Waals surface area (Å²) in [6.45, 7) is 13.6. The fourth-order valence-corrected chi connectivity index (χ4v) is 12.5. The molecule has 2 rings (SSSR count). The molecule has 0 saturated carbocycles. The van der Waals surface area contributed by atoms with Crippen LogP contribution in [0.5, 0.6) is 0 Å². The highest BCUT2D eigenvalue weighted by Crippen LogP contribution is 2.42. The van der Waals surface area contributed by atoms with E-state index in [1.165, 1.54) is 0 Å². The average molecular weight is 419 g/mol. The molecule has 2 atom stereocenters. The third-order valence-corrected chi connectivity index (χ3v) is 11.1. The molecule has 2 nitrogen and oxygen atoms in total. The predicted octanol–water partition coefficient (Wildman–Crippen LogP) is 6.56. The highest BCUT2D eigenvalue weighted by molar-refractivity contribution is 7.92. The molecule has 27 heavy (non-hydrogen) atoms. The quantitative estimate of drug-likeness (QED) is 0.455. The lowest BCUT2D eigenvalue weighted by Crippen LogP contribution is -2.33. The Bertz CT molecular complexity index is 755. The SMILES string of the molecule is C[Si](C)(C)CC(c1ccccc1)S(=O)(=O)C(C[Si](C)(C)C)c1ccccc1. The predicted molar refractivity (Wildman–Crippen MR) is 124 cm³/mol. The van der Waals surface area contributed by atoms with Gasteiger partial charge in [-0.25, -0.2) is 8.42 Å². The molecule has 0 bridgehead atoms. The number of hydrogen-bond acceptors (Lipinski definition) is 2. The van der Waals surface area contributed by atoms with Crippen molar-refractivity contribution >= 4 is 26.0 Å². The molecule has 0 saturated heterocycles. The summed E-state index contributed by atoms with van der Waals surface area (Å²) in [4.78, 5) is 0. The van der Waals surface area contributed by atoms with E-state index in [-0.39, 0.29) is 0 Å². The maximum absolute atomic E-state index is 14.0. The van der Waals surface area contributed by atoms with Crippen LogP contribution in [0.1, 0.15) is 21.6 Å². The first kappa shape index (κ1) is 22.1. The molecule has 2 aromatic rings. The van der Waals surface area contributed by atoms with Gasteiger partial charge in [-0.1, -0.05) is 99.9 Å². The summed E-state index contributed by atoms with van der Waals surface area (Å²) in [7, 11) is -6.54. The highest BCUT2D eigenvalue weighted by Gasteiger charge is 2.40. The van der Waals surface area contributed by atoms with E-state index in [0.717, 1.165) is 23.2 Å². The highest BCUT2D eigenvalue weighted by atomic mass is 32.2. The van der Waals surface area contributed by atoms with Gasteiger partial charge >= 0.3 is 0 Å².